The molecule has 3 heteroatoms. The van der Waals surface area contributed by atoms with Crippen molar-refractivity contribution in [2.75, 3.05) is 13.2 Å². The molecule has 0 aromatic heterocycles. The Morgan fingerprint density at radius 3 is 1.95 bits per heavy atom. The molecule has 0 bridgehead atoms. The second-order valence-electron chi connectivity index (χ2n) is 6.31. The first-order valence-electron chi connectivity index (χ1n) is 9.43. The van der Waals surface area contributed by atoms with Crippen LogP contribution in [0, 0.1) is 5.92 Å². The second kappa shape index (κ2) is 15.3. The van der Waals surface area contributed by atoms with E-state index in [1.807, 2.05) is 13.8 Å². The third kappa shape index (κ3) is 12.0. The number of carbonyl (C=O) groups excluding carboxylic acids is 1. The molecule has 1 aliphatic rings. The van der Waals surface area contributed by atoms with E-state index >= 15 is 0 Å². The maximum Gasteiger partial charge on any atom is 0.309 e. The average Bonchev–Trinajstić information content (AvgIpc) is 2.56. The van der Waals surface area contributed by atoms with Gasteiger partial charge >= 0.3 is 5.97 Å². The molecule has 22 heavy (non-hydrogen) atoms. The van der Waals surface area contributed by atoms with Gasteiger partial charge in [0.2, 0.25) is 0 Å². The maximum absolute atomic E-state index is 11.5. The Balaban J connectivity index is 0.000000433. The van der Waals surface area contributed by atoms with Crippen molar-refractivity contribution in [3.63, 3.8) is 0 Å². The van der Waals surface area contributed by atoms with E-state index in [0.717, 1.165) is 19.3 Å². The summed E-state index contributed by atoms with van der Waals surface area (Å²) in [5, 5.41) is 0. The summed E-state index contributed by atoms with van der Waals surface area (Å²) in [5.41, 5.74) is 0. The molecule has 1 fully saturated rings. The highest BCUT2D eigenvalue weighted by molar-refractivity contribution is 5.72. The summed E-state index contributed by atoms with van der Waals surface area (Å²) in [6.45, 7) is 9.86. The third-order valence-corrected chi connectivity index (χ3v) is 4.15. The van der Waals surface area contributed by atoms with E-state index in [-0.39, 0.29) is 18.0 Å². The van der Waals surface area contributed by atoms with Crippen LogP contribution in [-0.4, -0.2) is 25.3 Å². The lowest BCUT2D eigenvalue weighted by atomic mass is 10.0. The van der Waals surface area contributed by atoms with E-state index in [2.05, 4.69) is 13.8 Å². The Labute approximate surface area is 138 Å². The standard InChI is InChI=1S/C10H18O3.C9H20/c1-3-8(2)13-10(11)9-4-6-12-7-5-9;1-3-5-7-9-8-6-4-2/h8-9H,3-7H2,1-2H3;3-9H2,1-2H3. The Morgan fingerprint density at radius 2 is 1.50 bits per heavy atom. The van der Waals surface area contributed by atoms with Crippen LogP contribution in [0.2, 0.25) is 0 Å². The highest BCUT2D eigenvalue weighted by atomic mass is 16.5. The number of hydrogen-bond acceptors (Lipinski definition) is 3. The summed E-state index contributed by atoms with van der Waals surface area (Å²) < 4.78 is 10.4. The molecule has 0 N–H and O–H groups in total. The van der Waals surface area contributed by atoms with Gasteiger partial charge in [-0.05, 0) is 26.2 Å². The fourth-order valence-corrected chi connectivity index (χ4v) is 2.34. The van der Waals surface area contributed by atoms with Gasteiger partial charge in [-0.3, -0.25) is 4.79 Å². The van der Waals surface area contributed by atoms with Gasteiger partial charge in [0.05, 0.1) is 12.0 Å². The van der Waals surface area contributed by atoms with Crippen molar-refractivity contribution in [1.29, 1.82) is 0 Å². The van der Waals surface area contributed by atoms with Gasteiger partial charge in [0.1, 0.15) is 0 Å². The molecule has 0 saturated carbocycles. The molecule has 0 aromatic rings. The van der Waals surface area contributed by atoms with E-state index in [9.17, 15) is 4.79 Å². The van der Waals surface area contributed by atoms with Crippen molar-refractivity contribution in [2.45, 2.75) is 98.0 Å². The first kappa shape index (κ1) is 21.4. The molecule has 0 aliphatic carbocycles. The van der Waals surface area contributed by atoms with Gasteiger partial charge in [-0.2, -0.15) is 0 Å². The number of unbranched alkanes of at least 4 members (excludes halogenated alkanes) is 6. The first-order valence-corrected chi connectivity index (χ1v) is 9.43. The first-order chi connectivity index (χ1) is 10.7. The summed E-state index contributed by atoms with van der Waals surface area (Å²) >= 11 is 0. The van der Waals surface area contributed by atoms with Gasteiger partial charge in [-0.15, -0.1) is 0 Å². The smallest absolute Gasteiger partial charge is 0.309 e. The molecule has 0 spiro atoms. The number of carbonyl (C=O) groups is 1. The van der Waals surface area contributed by atoms with Crippen molar-refractivity contribution >= 4 is 5.97 Å². The molecule has 0 radical (unpaired) electrons. The van der Waals surface area contributed by atoms with Crippen LogP contribution in [-0.2, 0) is 14.3 Å². The zero-order valence-electron chi connectivity index (χ0n) is 15.4. The van der Waals surface area contributed by atoms with Gasteiger partial charge in [0.15, 0.2) is 0 Å². The van der Waals surface area contributed by atoms with Gasteiger partial charge in [0.25, 0.3) is 0 Å². The van der Waals surface area contributed by atoms with E-state index in [0.29, 0.717) is 13.2 Å². The van der Waals surface area contributed by atoms with Gasteiger partial charge in [-0.1, -0.05) is 65.7 Å². The third-order valence-electron chi connectivity index (χ3n) is 4.15. The van der Waals surface area contributed by atoms with Crippen LogP contribution in [0.4, 0.5) is 0 Å². The number of esters is 1. The fourth-order valence-electron chi connectivity index (χ4n) is 2.34. The molecule has 1 aliphatic heterocycles. The minimum absolute atomic E-state index is 0.0438. The summed E-state index contributed by atoms with van der Waals surface area (Å²) in [5.74, 6) is 0.0281. The summed E-state index contributed by atoms with van der Waals surface area (Å²) in [6, 6.07) is 0. The van der Waals surface area contributed by atoms with Crippen LogP contribution in [0.3, 0.4) is 0 Å². The Hall–Kier alpha value is -0.570. The zero-order chi connectivity index (χ0) is 16.6. The largest absolute Gasteiger partial charge is 0.462 e. The predicted molar refractivity (Wildman–Crippen MR) is 93.1 cm³/mol. The highest BCUT2D eigenvalue weighted by Gasteiger charge is 2.23. The van der Waals surface area contributed by atoms with E-state index in [1.165, 1.54) is 44.9 Å². The van der Waals surface area contributed by atoms with Crippen molar-refractivity contribution in [3.05, 3.63) is 0 Å². The van der Waals surface area contributed by atoms with Crippen molar-refractivity contribution in [2.24, 2.45) is 5.92 Å². The van der Waals surface area contributed by atoms with Gasteiger partial charge < -0.3 is 9.47 Å². The lowest BCUT2D eigenvalue weighted by molar-refractivity contribution is -0.156. The average molecular weight is 315 g/mol. The van der Waals surface area contributed by atoms with Crippen LogP contribution >= 0.6 is 0 Å². The molecule has 0 amide bonds. The Morgan fingerprint density at radius 1 is 1.00 bits per heavy atom. The number of ether oxygens (including phenoxy) is 2. The van der Waals surface area contributed by atoms with E-state index < -0.39 is 0 Å². The van der Waals surface area contributed by atoms with Crippen LogP contribution in [0.15, 0.2) is 0 Å². The lowest BCUT2D eigenvalue weighted by Gasteiger charge is -2.22. The highest BCUT2D eigenvalue weighted by Crippen LogP contribution is 2.17. The number of hydrogen-bond donors (Lipinski definition) is 0. The minimum Gasteiger partial charge on any atom is -0.462 e. The number of rotatable bonds is 9. The second-order valence-corrected chi connectivity index (χ2v) is 6.31. The molecular formula is C19H38O3. The normalized spacial score (nSPS) is 16.5. The lowest BCUT2D eigenvalue weighted by Crippen LogP contribution is -2.27. The molecule has 1 saturated heterocycles. The quantitative estimate of drug-likeness (QED) is 0.416. The summed E-state index contributed by atoms with van der Waals surface area (Å²) in [4.78, 5) is 11.5. The molecule has 1 heterocycles. The molecule has 132 valence electrons. The van der Waals surface area contributed by atoms with Crippen LogP contribution in [0.25, 0.3) is 0 Å². The SMILES string of the molecule is CCC(C)OC(=O)C1CCOCC1.CCCCCCCCC. The predicted octanol–water partition coefficient (Wildman–Crippen LogP) is 5.51. The van der Waals surface area contributed by atoms with Gasteiger partial charge in [0, 0.05) is 13.2 Å². The van der Waals surface area contributed by atoms with Crippen LogP contribution in [0.1, 0.15) is 91.9 Å². The molecule has 0 aromatic carbocycles. The topological polar surface area (TPSA) is 35.5 Å². The molecule has 3 nitrogen and oxygen atoms in total. The van der Waals surface area contributed by atoms with E-state index in [4.69, 9.17) is 9.47 Å². The van der Waals surface area contributed by atoms with Crippen molar-refractivity contribution in [1.82, 2.24) is 0 Å². The van der Waals surface area contributed by atoms with Crippen LogP contribution < -0.4 is 0 Å². The molecule has 1 atom stereocenters. The fraction of sp³-hybridized carbons (Fsp3) is 0.947. The van der Waals surface area contributed by atoms with Gasteiger partial charge in [-0.25, -0.2) is 0 Å². The Bertz CT molecular complexity index is 241. The molecule has 1 unspecified atom stereocenters. The monoisotopic (exact) mass is 314 g/mol. The summed E-state index contributed by atoms with van der Waals surface area (Å²) in [7, 11) is 0. The molecular weight excluding hydrogens is 276 g/mol. The molecule has 1 rings (SSSR count). The van der Waals surface area contributed by atoms with E-state index in [1.54, 1.807) is 0 Å². The Kier molecular flexibility index (Phi) is 14.9. The maximum atomic E-state index is 11.5. The van der Waals surface area contributed by atoms with Crippen molar-refractivity contribution in [3.8, 4) is 0 Å². The van der Waals surface area contributed by atoms with Crippen LogP contribution in [0.5, 0.6) is 0 Å². The van der Waals surface area contributed by atoms with Crippen molar-refractivity contribution < 1.29 is 14.3 Å². The minimum atomic E-state index is -0.0438. The summed E-state index contributed by atoms with van der Waals surface area (Å²) in [6.07, 6.45) is 12.5. The zero-order valence-corrected chi connectivity index (χ0v) is 15.4.